The second-order valence-electron chi connectivity index (χ2n) is 8.25. The number of nitrogens with zero attached hydrogens (tertiary/aromatic N) is 1. The molecule has 6 nitrogen and oxygen atoms in total. The van der Waals surface area contributed by atoms with Gasteiger partial charge in [0.1, 0.15) is 17.5 Å². The summed E-state index contributed by atoms with van der Waals surface area (Å²) in [6, 6.07) is 12.7. The van der Waals surface area contributed by atoms with E-state index in [4.69, 9.17) is 9.47 Å². The summed E-state index contributed by atoms with van der Waals surface area (Å²) in [6.45, 7) is 10.4. The maximum absolute atomic E-state index is 13.1. The molecular weight excluding hydrogens is 392 g/mol. The second-order valence-corrected chi connectivity index (χ2v) is 8.25. The lowest BCUT2D eigenvalue weighted by atomic mass is 10.1. The largest absolute Gasteiger partial charge is 0.497 e. The van der Waals surface area contributed by atoms with E-state index in [1.807, 2.05) is 70.2 Å². The van der Waals surface area contributed by atoms with E-state index in [1.165, 1.54) is 0 Å². The summed E-state index contributed by atoms with van der Waals surface area (Å²) < 4.78 is 11.1. The first-order valence-electron chi connectivity index (χ1n) is 10.6. The highest BCUT2D eigenvalue weighted by Gasteiger charge is 2.26. The fourth-order valence-corrected chi connectivity index (χ4v) is 3.09. The van der Waals surface area contributed by atoms with Crippen LogP contribution in [0.2, 0.25) is 0 Å². The molecule has 0 aliphatic rings. The molecule has 0 saturated heterocycles. The molecule has 1 atom stereocenters. The van der Waals surface area contributed by atoms with E-state index in [0.29, 0.717) is 24.0 Å². The van der Waals surface area contributed by atoms with E-state index in [2.05, 4.69) is 5.32 Å². The average Bonchev–Trinajstić information content (AvgIpc) is 2.75. The van der Waals surface area contributed by atoms with Crippen molar-refractivity contribution in [2.45, 2.75) is 47.2 Å². The number of rotatable bonds is 10. The third-order valence-corrected chi connectivity index (χ3v) is 5.03. The number of ether oxygens (including phenoxy) is 2. The Hall–Kier alpha value is -3.02. The Labute approximate surface area is 185 Å². The number of carbonyl (C=O) groups excluding carboxylic acids is 2. The van der Waals surface area contributed by atoms with Crippen LogP contribution in [0.1, 0.15) is 37.5 Å². The van der Waals surface area contributed by atoms with Crippen molar-refractivity contribution in [3.05, 3.63) is 59.2 Å². The molecule has 0 heterocycles. The molecule has 2 rings (SSSR count). The lowest BCUT2D eigenvalue weighted by Gasteiger charge is -2.29. The summed E-state index contributed by atoms with van der Waals surface area (Å²) >= 11 is 0. The lowest BCUT2D eigenvalue weighted by molar-refractivity contribution is -0.142. The summed E-state index contributed by atoms with van der Waals surface area (Å²) in [4.78, 5) is 27.4. The van der Waals surface area contributed by atoms with Gasteiger partial charge in [0.05, 0.1) is 7.11 Å². The second kappa shape index (κ2) is 11.4. The van der Waals surface area contributed by atoms with Crippen molar-refractivity contribution in [1.29, 1.82) is 0 Å². The molecule has 2 aromatic rings. The van der Waals surface area contributed by atoms with Gasteiger partial charge in [0, 0.05) is 13.1 Å². The Morgan fingerprint density at radius 2 is 1.81 bits per heavy atom. The number of methoxy groups -OCH3 is 1. The predicted molar refractivity (Wildman–Crippen MR) is 122 cm³/mol. The summed E-state index contributed by atoms with van der Waals surface area (Å²) in [6.07, 6.45) is 0. The Balaban J connectivity index is 2.19. The quantitative estimate of drug-likeness (QED) is 0.626. The van der Waals surface area contributed by atoms with Crippen LogP contribution in [-0.2, 0) is 16.1 Å². The van der Waals surface area contributed by atoms with E-state index in [0.717, 1.165) is 16.7 Å². The lowest BCUT2D eigenvalue weighted by Crippen LogP contribution is -2.49. The van der Waals surface area contributed by atoms with Gasteiger partial charge in [-0.25, -0.2) is 0 Å². The first-order valence-corrected chi connectivity index (χ1v) is 10.6. The van der Waals surface area contributed by atoms with Gasteiger partial charge in [0.25, 0.3) is 5.91 Å². The minimum absolute atomic E-state index is 0.143. The smallest absolute Gasteiger partial charge is 0.261 e. The topological polar surface area (TPSA) is 67.9 Å². The van der Waals surface area contributed by atoms with E-state index >= 15 is 0 Å². The zero-order valence-corrected chi connectivity index (χ0v) is 19.4. The van der Waals surface area contributed by atoms with Gasteiger partial charge in [0.2, 0.25) is 5.91 Å². The minimum atomic E-state index is -0.639. The molecule has 0 aliphatic heterocycles. The first-order chi connectivity index (χ1) is 14.7. The van der Waals surface area contributed by atoms with Crippen LogP contribution in [0.4, 0.5) is 0 Å². The number of amides is 2. The molecule has 0 bridgehead atoms. The number of hydrogen-bond donors (Lipinski definition) is 1. The van der Waals surface area contributed by atoms with Crippen LogP contribution >= 0.6 is 0 Å². The number of benzene rings is 2. The molecule has 0 aliphatic carbocycles. The molecule has 0 unspecified atom stereocenters. The van der Waals surface area contributed by atoms with Crippen LogP contribution < -0.4 is 14.8 Å². The molecule has 1 N–H and O–H groups in total. The molecule has 0 aromatic heterocycles. The van der Waals surface area contributed by atoms with Crippen LogP contribution in [-0.4, -0.2) is 43.0 Å². The van der Waals surface area contributed by atoms with Gasteiger partial charge in [-0.1, -0.05) is 38.1 Å². The molecule has 2 amide bonds. The molecule has 0 fully saturated rings. The average molecular weight is 427 g/mol. The van der Waals surface area contributed by atoms with Crippen LogP contribution in [0.25, 0.3) is 0 Å². The van der Waals surface area contributed by atoms with Crippen LogP contribution in [0, 0.1) is 19.8 Å². The summed E-state index contributed by atoms with van der Waals surface area (Å²) in [5, 5.41) is 2.92. The van der Waals surface area contributed by atoms with Crippen molar-refractivity contribution >= 4 is 11.8 Å². The van der Waals surface area contributed by atoms with Gasteiger partial charge < -0.3 is 19.7 Å². The summed E-state index contributed by atoms with van der Waals surface area (Å²) in [5.41, 5.74) is 2.89. The molecule has 0 saturated carbocycles. The monoisotopic (exact) mass is 426 g/mol. The SMILES string of the molecule is COc1cccc(CN(C(=O)COc2cc(C)ccc2C)[C@@H](C)C(=O)NCC(C)C)c1. The Morgan fingerprint density at radius 3 is 2.48 bits per heavy atom. The zero-order chi connectivity index (χ0) is 23.0. The van der Waals surface area contributed by atoms with E-state index in [-0.39, 0.29) is 25.0 Å². The predicted octanol–water partition coefficient (Wildman–Crippen LogP) is 3.88. The van der Waals surface area contributed by atoms with E-state index < -0.39 is 6.04 Å². The third kappa shape index (κ3) is 7.31. The van der Waals surface area contributed by atoms with Gasteiger partial charge in [-0.05, 0) is 61.6 Å². The van der Waals surface area contributed by atoms with Crippen molar-refractivity contribution in [1.82, 2.24) is 10.2 Å². The van der Waals surface area contributed by atoms with Crippen molar-refractivity contribution in [2.75, 3.05) is 20.3 Å². The fourth-order valence-electron chi connectivity index (χ4n) is 3.09. The molecule has 0 spiro atoms. The molecule has 168 valence electrons. The maximum Gasteiger partial charge on any atom is 0.261 e. The maximum atomic E-state index is 13.1. The number of aryl methyl sites for hydroxylation is 2. The van der Waals surface area contributed by atoms with E-state index in [1.54, 1.807) is 18.9 Å². The molecule has 0 radical (unpaired) electrons. The molecule has 2 aromatic carbocycles. The summed E-state index contributed by atoms with van der Waals surface area (Å²) in [7, 11) is 1.60. The normalized spacial score (nSPS) is 11.7. The highest BCUT2D eigenvalue weighted by Crippen LogP contribution is 2.20. The molecular formula is C25H34N2O4. The minimum Gasteiger partial charge on any atom is -0.497 e. The number of carbonyl (C=O) groups is 2. The first kappa shape index (κ1) is 24.3. The van der Waals surface area contributed by atoms with Gasteiger partial charge in [-0.2, -0.15) is 0 Å². The van der Waals surface area contributed by atoms with Crippen molar-refractivity contribution in [2.24, 2.45) is 5.92 Å². The van der Waals surface area contributed by atoms with Crippen molar-refractivity contribution < 1.29 is 19.1 Å². The standard InChI is InChI=1S/C25H34N2O4/c1-17(2)14-26-25(29)20(5)27(15-21-8-7-9-22(13-21)30-6)24(28)16-31-23-12-18(3)10-11-19(23)4/h7-13,17,20H,14-16H2,1-6H3,(H,26,29)/t20-/m0/s1. The number of nitrogens with one attached hydrogen (secondary N) is 1. The Kier molecular flexibility index (Phi) is 8.91. The summed E-state index contributed by atoms with van der Waals surface area (Å²) in [5.74, 6) is 1.26. The molecule has 6 heteroatoms. The van der Waals surface area contributed by atoms with Crippen LogP contribution in [0.5, 0.6) is 11.5 Å². The van der Waals surface area contributed by atoms with Crippen molar-refractivity contribution in [3.63, 3.8) is 0 Å². The van der Waals surface area contributed by atoms with Crippen LogP contribution in [0.3, 0.4) is 0 Å². The van der Waals surface area contributed by atoms with Gasteiger partial charge >= 0.3 is 0 Å². The van der Waals surface area contributed by atoms with Gasteiger partial charge in [-0.15, -0.1) is 0 Å². The van der Waals surface area contributed by atoms with Gasteiger partial charge in [0.15, 0.2) is 6.61 Å². The third-order valence-electron chi connectivity index (χ3n) is 5.03. The highest BCUT2D eigenvalue weighted by atomic mass is 16.5. The fraction of sp³-hybridized carbons (Fsp3) is 0.440. The molecule has 31 heavy (non-hydrogen) atoms. The van der Waals surface area contributed by atoms with Crippen molar-refractivity contribution in [3.8, 4) is 11.5 Å². The Bertz CT molecular complexity index is 895. The highest BCUT2D eigenvalue weighted by molar-refractivity contribution is 5.88. The number of hydrogen-bond acceptors (Lipinski definition) is 4. The van der Waals surface area contributed by atoms with Crippen LogP contribution in [0.15, 0.2) is 42.5 Å². The zero-order valence-electron chi connectivity index (χ0n) is 19.4. The van der Waals surface area contributed by atoms with E-state index in [9.17, 15) is 9.59 Å². The Morgan fingerprint density at radius 1 is 1.06 bits per heavy atom. The van der Waals surface area contributed by atoms with Gasteiger partial charge in [-0.3, -0.25) is 9.59 Å².